The zero-order valence-corrected chi connectivity index (χ0v) is 8.79. The Labute approximate surface area is 83.8 Å². The Bertz CT molecular complexity index is 301. The predicted octanol–water partition coefficient (Wildman–Crippen LogP) is 3.26. The van der Waals surface area contributed by atoms with Crippen LogP contribution in [-0.2, 0) is 0 Å². The minimum Gasteiger partial charge on any atom is -0.324 e. The molecule has 0 aliphatic heterocycles. The van der Waals surface area contributed by atoms with Gasteiger partial charge in [0.2, 0.25) is 0 Å². The highest BCUT2D eigenvalue weighted by Crippen LogP contribution is 2.31. The monoisotopic (exact) mass is 251 g/mol. The minimum atomic E-state index is -0.394. The number of halogens is 3. The molecule has 66 valence electrons. The van der Waals surface area contributed by atoms with Crippen LogP contribution >= 0.6 is 27.5 Å². The van der Waals surface area contributed by atoms with Crippen molar-refractivity contribution in [2.24, 2.45) is 5.73 Å². The van der Waals surface area contributed by atoms with Crippen LogP contribution in [0.3, 0.4) is 0 Å². The van der Waals surface area contributed by atoms with Gasteiger partial charge < -0.3 is 5.73 Å². The zero-order chi connectivity index (χ0) is 9.30. The van der Waals surface area contributed by atoms with Gasteiger partial charge in [0.1, 0.15) is 5.82 Å². The topological polar surface area (TPSA) is 26.0 Å². The van der Waals surface area contributed by atoms with E-state index in [1.165, 1.54) is 6.07 Å². The highest BCUT2D eigenvalue weighted by atomic mass is 79.9. The van der Waals surface area contributed by atoms with E-state index in [-0.39, 0.29) is 5.82 Å². The lowest BCUT2D eigenvalue weighted by molar-refractivity contribution is 0.593. The lowest BCUT2D eigenvalue weighted by Gasteiger charge is -2.10. The van der Waals surface area contributed by atoms with Gasteiger partial charge in [-0.05, 0) is 35.0 Å². The summed E-state index contributed by atoms with van der Waals surface area (Å²) in [5, 5.41) is 0.352. The third-order valence-corrected chi connectivity index (χ3v) is 2.83. The van der Waals surface area contributed by atoms with Crippen LogP contribution in [0.1, 0.15) is 18.5 Å². The van der Waals surface area contributed by atoms with Crippen LogP contribution in [0.2, 0.25) is 5.02 Å². The van der Waals surface area contributed by atoms with E-state index in [0.29, 0.717) is 15.1 Å². The maximum atomic E-state index is 13.1. The predicted molar refractivity (Wildman–Crippen MR) is 51.7 cm³/mol. The molecule has 1 rings (SSSR count). The van der Waals surface area contributed by atoms with Gasteiger partial charge in [-0.1, -0.05) is 11.6 Å². The molecular formula is C8H8BrClFN. The summed E-state index contributed by atoms with van der Waals surface area (Å²) in [6.45, 7) is 1.69. The van der Waals surface area contributed by atoms with E-state index in [4.69, 9.17) is 17.3 Å². The van der Waals surface area contributed by atoms with Crippen LogP contribution in [-0.4, -0.2) is 0 Å². The molecule has 12 heavy (non-hydrogen) atoms. The number of rotatable bonds is 1. The molecule has 0 saturated heterocycles. The molecule has 1 unspecified atom stereocenters. The van der Waals surface area contributed by atoms with Crippen molar-refractivity contribution < 1.29 is 4.39 Å². The summed E-state index contributed by atoms with van der Waals surface area (Å²) >= 11 is 9.02. The third-order valence-electron chi connectivity index (χ3n) is 1.53. The molecule has 1 atom stereocenters. The van der Waals surface area contributed by atoms with Gasteiger partial charge in [-0.2, -0.15) is 0 Å². The molecular weight excluding hydrogens is 244 g/mol. The second-order valence-corrected chi connectivity index (χ2v) is 3.78. The SMILES string of the molecule is CC(N)c1c(F)ccc(Br)c1Cl. The van der Waals surface area contributed by atoms with Crippen molar-refractivity contribution in [2.45, 2.75) is 13.0 Å². The normalized spacial score (nSPS) is 13.1. The van der Waals surface area contributed by atoms with Gasteiger partial charge in [-0.3, -0.25) is 0 Å². The van der Waals surface area contributed by atoms with Crippen molar-refractivity contribution in [3.63, 3.8) is 0 Å². The average molecular weight is 253 g/mol. The van der Waals surface area contributed by atoms with E-state index in [0.717, 1.165) is 0 Å². The standard InChI is InChI=1S/C8H8BrClFN/c1-4(12)7-6(11)3-2-5(9)8(7)10/h2-4H,12H2,1H3. The largest absolute Gasteiger partial charge is 0.324 e. The van der Waals surface area contributed by atoms with Crippen molar-refractivity contribution in [2.75, 3.05) is 0 Å². The molecule has 1 aromatic rings. The molecule has 0 aromatic heterocycles. The second kappa shape index (κ2) is 3.73. The van der Waals surface area contributed by atoms with E-state index < -0.39 is 6.04 Å². The molecule has 2 N–H and O–H groups in total. The number of nitrogens with two attached hydrogens (primary N) is 1. The number of hydrogen-bond donors (Lipinski definition) is 1. The van der Waals surface area contributed by atoms with Gasteiger partial charge in [0.25, 0.3) is 0 Å². The molecule has 0 aliphatic rings. The summed E-state index contributed by atoms with van der Waals surface area (Å²) in [5.74, 6) is -0.363. The van der Waals surface area contributed by atoms with Crippen LogP contribution in [0.4, 0.5) is 4.39 Å². The van der Waals surface area contributed by atoms with Crippen molar-refractivity contribution in [1.82, 2.24) is 0 Å². The van der Waals surface area contributed by atoms with Crippen molar-refractivity contribution >= 4 is 27.5 Å². The highest BCUT2D eigenvalue weighted by molar-refractivity contribution is 9.10. The summed E-state index contributed by atoms with van der Waals surface area (Å²) in [4.78, 5) is 0. The Morgan fingerprint density at radius 1 is 1.58 bits per heavy atom. The Morgan fingerprint density at radius 3 is 2.58 bits per heavy atom. The molecule has 0 amide bonds. The lowest BCUT2D eigenvalue weighted by Crippen LogP contribution is -2.08. The molecule has 0 aliphatic carbocycles. The van der Waals surface area contributed by atoms with Gasteiger partial charge in [0.15, 0.2) is 0 Å². The van der Waals surface area contributed by atoms with Crippen molar-refractivity contribution in [3.8, 4) is 0 Å². The van der Waals surface area contributed by atoms with Gasteiger partial charge in [-0.15, -0.1) is 0 Å². The van der Waals surface area contributed by atoms with Crippen LogP contribution in [0.5, 0.6) is 0 Å². The minimum absolute atomic E-state index is 0.352. The Balaban J connectivity index is 3.33. The maximum absolute atomic E-state index is 13.1. The molecule has 0 bridgehead atoms. The maximum Gasteiger partial charge on any atom is 0.129 e. The first-order chi connectivity index (χ1) is 5.54. The van der Waals surface area contributed by atoms with E-state index in [1.807, 2.05) is 0 Å². The van der Waals surface area contributed by atoms with Gasteiger partial charge >= 0.3 is 0 Å². The van der Waals surface area contributed by atoms with Crippen molar-refractivity contribution in [1.29, 1.82) is 0 Å². The Kier molecular flexibility index (Phi) is 3.09. The summed E-state index contributed by atoms with van der Waals surface area (Å²) in [7, 11) is 0. The first-order valence-electron chi connectivity index (χ1n) is 3.43. The fourth-order valence-corrected chi connectivity index (χ4v) is 1.63. The number of hydrogen-bond acceptors (Lipinski definition) is 1. The third kappa shape index (κ3) is 1.79. The molecule has 0 heterocycles. The molecule has 0 spiro atoms. The zero-order valence-electron chi connectivity index (χ0n) is 6.44. The Hall–Kier alpha value is -0.120. The van der Waals surface area contributed by atoms with Gasteiger partial charge in [0, 0.05) is 16.1 Å². The van der Waals surface area contributed by atoms with Crippen LogP contribution in [0, 0.1) is 5.82 Å². The Morgan fingerprint density at radius 2 is 2.17 bits per heavy atom. The second-order valence-electron chi connectivity index (χ2n) is 2.55. The van der Waals surface area contributed by atoms with Crippen molar-refractivity contribution in [3.05, 3.63) is 33.0 Å². The molecule has 0 radical (unpaired) electrons. The number of benzene rings is 1. The molecule has 0 fully saturated rings. The summed E-state index contributed by atoms with van der Waals surface area (Å²) in [6, 6.07) is 2.51. The lowest BCUT2D eigenvalue weighted by atomic mass is 10.1. The van der Waals surface area contributed by atoms with Gasteiger partial charge in [0.05, 0.1) is 5.02 Å². The van der Waals surface area contributed by atoms with Gasteiger partial charge in [-0.25, -0.2) is 4.39 Å². The van der Waals surface area contributed by atoms with Crippen LogP contribution in [0.15, 0.2) is 16.6 Å². The first kappa shape index (κ1) is 9.96. The average Bonchev–Trinajstić information content (AvgIpc) is 1.97. The van der Waals surface area contributed by atoms with Crippen LogP contribution < -0.4 is 5.73 Å². The fourth-order valence-electron chi connectivity index (χ4n) is 0.960. The molecule has 0 saturated carbocycles. The highest BCUT2D eigenvalue weighted by Gasteiger charge is 2.13. The molecule has 1 aromatic carbocycles. The quantitative estimate of drug-likeness (QED) is 0.763. The molecule has 4 heteroatoms. The smallest absolute Gasteiger partial charge is 0.129 e. The van der Waals surface area contributed by atoms with E-state index in [9.17, 15) is 4.39 Å². The van der Waals surface area contributed by atoms with E-state index >= 15 is 0 Å². The van der Waals surface area contributed by atoms with E-state index in [1.54, 1.807) is 13.0 Å². The summed E-state index contributed by atoms with van der Waals surface area (Å²) < 4.78 is 13.8. The van der Waals surface area contributed by atoms with E-state index in [2.05, 4.69) is 15.9 Å². The summed E-state index contributed by atoms with van der Waals surface area (Å²) in [5.41, 5.74) is 5.89. The molecule has 1 nitrogen and oxygen atoms in total. The van der Waals surface area contributed by atoms with Crippen LogP contribution in [0.25, 0.3) is 0 Å². The fraction of sp³-hybridized carbons (Fsp3) is 0.250. The first-order valence-corrected chi connectivity index (χ1v) is 4.60. The summed E-state index contributed by atoms with van der Waals surface area (Å²) in [6.07, 6.45) is 0.